The molecule has 0 heterocycles. The van der Waals surface area contributed by atoms with Gasteiger partial charge in [0.25, 0.3) is 0 Å². The van der Waals surface area contributed by atoms with E-state index in [1.165, 1.54) is 57.6 Å². The van der Waals surface area contributed by atoms with E-state index in [0.717, 1.165) is 24.3 Å². The van der Waals surface area contributed by atoms with Crippen molar-refractivity contribution in [3.8, 4) is 0 Å². The fourth-order valence-corrected chi connectivity index (χ4v) is 2.20. The molecule has 0 fully saturated rings. The maximum Gasteiger partial charge on any atom is 0.310 e. The van der Waals surface area contributed by atoms with Crippen molar-refractivity contribution in [1.29, 1.82) is 0 Å². The van der Waals surface area contributed by atoms with Gasteiger partial charge in [-0.2, -0.15) is 0 Å². The molecule has 0 saturated heterocycles. The van der Waals surface area contributed by atoms with E-state index in [1.807, 2.05) is 6.08 Å². The van der Waals surface area contributed by atoms with Crippen molar-refractivity contribution in [2.75, 3.05) is 0 Å². The Morgan fingerprint density at radius 2 is 1.67 bits per heavy atom. The first-order valence-electron chi connectivity index (χ1n) is 8.35. The molecule has 1 rings (SSSR count). The number of unbranched alkanes of at least 4 members (excludes halogenated alkanes) is 8. The van der Waals surface area contributed by atoms with Crippen LogP contribution in [0.3, 0.4) is 0 Å². The topological polar surface area (TPSA) is 26.3 Å². The summed E-state index contributed by atoms with van der Waals surface area (Å²) in [4.78, 5) is 11.0. The van der Waals surface area contributed by atoms with Crippen LogP contribution in [0.4, 0.5) is 0 Å². The van der Waals surface area contributed by atoms with Crippen molar-refractivity contribution in [2.24, 2.45) is 0 Å². The average Bonchev–Trinajstić information content (AvgIpc) is 2.44. The highest BCUT2D eigenvalue weighted by Gasteiger charge is 1.99. The summed E-state index contributed by atoms with van der Waals surface area (Å²) in [5.41, 5.74) is 0. The lowest BCUT2D eigenvalue weighted by Crippen LogP contribution is -1.98. The summed E-state index contributed by atoms with van der Waals surface area (Å²) < 4.78 is 4.64. The molecule has 0 bridgehead atoms. The highest BCUT2D eigenvalue weighted by Crippen LogP contribution is 2.20. The summed E-state index contributed by atoms with van der Waals surface area (Å²) in [5.74, 6) is -0.155. The second kappa shape index (κ2) is 15.6. The minimum Gasteiger partial charge on any atom is -0.435 e. The third-order valence-electron chi connectivity index (χ3n) is 3.45. The van der Waals surface area contributed by atoms with Gasteiger partial charge in [0.2, 0.25) is 0 Å². The van der Waals surface area contributed by atoms with Crippen LogP contribution >= 0.6 is 11.6 Å². The van der Waals surface area contributed by atoms with Gasteiger partial charge in [0.15, 0.2) is 0 Å². The largest absolute Gasteiger partial charge is 0.435 e. The van der Waals surface area contributed by atoms with Gasteiger partial charge < -0.3 is 4.74 Å². The van der Waals surface area contributed by atoms with Gasteiger partial charge in [0.1, 0.15) is 0 Å². The molecule has 21 heavy (non-hydrogen) atoms. The predicted octanol–water partition coefficient (Wildman–Crippen LogP) is 6.50. The normalized spacial score (nSPS) is 12.6. The van der Waals surface area contributed by atoms with Gasteiger partial charge in [-0.15, -0.1) is 0 Å². The summed E-state index contributed by atoms with van der Waals surface area (Å²) in [7, 11) is 0. The maximum absolute atomic E-state index is 11.0. The van der Waals surface area contributed by atoms with Crippen LogP contribution in [0.15, 0.2) is 23.9 Å². The number of esters is 1. The Balaban J connectivity index is 0.000000662. The van der Waals surface area contributed by atoms with Crippen molar-refractivity contribution < 1.29 is 9.53 Å². The highest BCUT2D eigenvalue weighted by atomic mass is 35.5. The number of hydrogen-bond acceptors (Lipinski definition) is 2. The monoisotopic (exact) mass is 314 g/mol. The van der Waals surface area contributed by atoms with Crippen molar-refractivity contribution in [1.82, 2.24) is 0 Å². The summed E-state index contributed by atoms with van der Waals surface area (Å²) in [6.45, 7) is 5.59. The zero-order valence-electron chi connectivity index (χ0n) is 13.5. The quantitative estimate of drug-likeness (QED) is 0.247. The van der Waals surface area contributed by atoms with E-state index < -0.39 is 0 Å². The fourth-order valence-electron chi connectivity index (χ4n) is 1.99. The van der Waals surface area contributed by atoms with Crippen LogP contribution in [0.25, 0.3) is 0 Å². The van der Waals surface area contributed by atoms with E-state index in [-0.39, 0.29) is 5.97 Å². The van der Waals surface area contributed by atoms with Gasteiger partial charge >= 0.3 is 5.97 Å². The number of hydrogen-bond donors (Lipinski definition) is 0. The minimum absolute atomic E-state index is 0.155. The number of rotatable bonds is 11. The first-order chi connectivity index (χ1) is 10.2. The van der Waals surface area contributed by atoms with Gasteiger partial charge in [-0.1, -0.05) is 82.5 Å². The van der Waals surface area contributed by atoms with E-state index in [4.69, 9.17) is 11.6 Å². The van der Waals surface area contributed by atoms with Gasteiger partial charge in [-0.3, -0.25) is 4.79 Å². The average molecular weight is 315 g/mol. The number of allylic oxidation sites excluding steroid dienone is 2. The van der Waals surface area contributed by atoms with Crippen LogP contribution in [-0.2, 0) is 9.53 Å². The molecule has 0 aromatic heterocycles. The molecule has 1 aliphatic rings. The molecule has 3 heteroatoms. The minimum atomic E-state index is -0.155. The van der Waals surface area contributed by atoms with E-state index in [9.17, 15) is 4.79 Å². The van der Waals surface area contributed by atoms with Gasteiger partial charge in [0.05, 0.1) is 6.26 Å². The van der Waals surface area contributed by atoms with E-state index in [2.05, 4.69) is 18.2 Å². The first kappa shape index (κ1) is 20.2. The lowest BCUT2D eigenvalue weighted by molar-refractivity contribution is -0.138. The number of ether oxygens (including phenoxy) is 1. The molecule has 0 radical (unpaired) electrons. The Morgan fingerprint density at radius 1 is 1.19 bits per heavy atom. The zero-order chi connectivity index (χ0) is 15.8. The number of carbonyl (C=O) groups excluding carboxylic acids is 1. The van der Waals surface area contributed by atoms with Crippen LogP contribution in [0.2, 0.25) is 0 Å². The molecule has 0 unspecified atom stereocenters. The molecule has 0 aromatic rings. The van der Waals surface area contributed by atoms with Crippen LogP contribution < -0.4 is 0 Å². The Kier molecular flexibility index (Phi) is 15.1. The van der Waals surface area contributed by atoms with Crippen LogP contribution in [0.1, 0.15) is 84.0 Å². The predicted molar refractivity (Wildman–Crippen MR) is 91.3 cm³/mol. The second-order valence-corrected chi connectivity index (χ2v) is 5.91. The van der Waals surface area contributed by atoms with E-state index in [0.29, 0.717) is 6.42 Å². The molecule has 2 nitrogen and oxygen atoms in total. The Morgan fingerprint density at radius 3 is 2.05 bits per heavy atom. The van der Waals surface area contributed by atoms with Gasteiger partial charge in [0, 0.05) is 11.5 Å². The second-order valence-electron chi connectivity index (χ2n) is 5.42. The molecule has 0 aromatic carbocycles. The lowest BCUT2D eigenvalue weighted by atomic mass is 10.1. The van der Waals surface area contributed by atoms with Crippen LogP contribution in [0, 0.1) is 0 Å². The zero-order valence-corrected chi connectivity index (χ0v) is 14.3. The van der Waals surface area contributed by atoms with Crippen molar-refractivity contribution in [3.63, 3.8) is 0 Å². The van der Waals surface area contributed by atoms with Crippen LogP contribution in [-0.4, -0.2) is 5.97 Å². The van der Waals surface area contributed by atoms with Crippen molar-refractivity contribution in [3.05, 3.63) is 23.9 Å². The summed E-state index contributed by atoms with van der Waals surface area (Å²) >= 11 is 5.41. The first-order valence-corrected chi connectivity index (χ1v) is 8.73. The third-order valence-corrected chi connectivity index (χ3v) is 3.79. The third kappa shape index (κ3) is 15.4. The molecule has 122 valence electrons. The molecule has 0 amide bonds. The molecular weight excluding hydrogens is 284 g/mol. The number of halogens is 1. The summed E-state index contributed by atoms with van der Waals surface area (Å²) in [5, 5.41) is 1.03. The van der Waals surface area contributed by atoms with Crippen LogP contribution in [0.5, 0.6) is 0 Å². The molecule has 0 aliphatic heterocycles. The van der Waals surface area contributed by atoms with Crippen molar-refractivity contribution >= 4 is 17.6 Å². The lowest BCUT2D eigenvalue weighted by Gasteiger charge is -2.02. The summed E-state index contributed by atoms with van der Waals surface area (Å²) in [6, 6.07) is 0. The number of carbonyl (C=O) groups is 1. The smallest absolute Gasteiger partial charge is 0.310 e. The molecule has 0 saturated carbocycles. The fraction of sp³-hybridized carbons (Fsp3) is 0.722. The molecule has 1 aliphatic carbocycles. The molecule has 0 atom stereocenters. The van der Waals surface area contributed by atoms with E-state index >= 15 is 0 Å². The van der Waals surface area contributed by atoms with Gasteiger partial charge in [-0.25, -0.2) is 0 Å². The maximum atomic E-state index is 11.0. The molecule has 0 N–H and O–H groups in total. The van der Waals surface area contributed by atoms with E-state index in [1.54, 1.807) is 0 Å². The Hall–Kier alpha value is -0.760. The molecular formula is C18H31ClO2. The molecule has 0 spiro atoms. The Bertz CT molecular complexity index is 298. The highest BCUT2D eigenvalue weighted by molar-refractivity contribution is 6.30. The Labute approximate surface area is 135 Å². The van der Waals surface area contributed by atoms with Gasteiger partial charge in [-0.05, 0) is 19.3 Å². The summed E-state index contributed by atoms with van der Waals surface area (Å²) in [6.07, 6.45) is 17.5. The SMILES string of the molecule is C=COC(=O)CCCCCCCCCCC.ClC1=CCC1. The standard InChI is InChI=1S/C14H26O2.C4H5Cl/c1-3-5-6-7-8-9-10-11-12-13-14(15)16-4-2;5-4-2-1-3-4/h4H,2-3,5-13H2,1H3;2H,1,3H2. The van der Waals surface area contributed by atoms with Crippen molar-refractivity contribution in [2.45, 2.75) is 84.0 Å².